The molecule has 0 unspecified atom stereocenters. The number of aliphatic hydroxyl groups excluding tert-OH is 1. The first kappa shape index (κ1) is 25.4. The fraction of sp³-hybridized carbons (Fsp3) is 0.435. The van der Waals surface area contributed by atoms with Crippen LogP contribution in [0.5, 0.6) is 0 Å². The summed E-state index contributed by atoms with van der Waals surface area (Å²) in [5, 5.41) is 15.6. The van der Waals surface area contributed by atoms with E-state index in [2.05, 4.69) is 26.7 Å². The Hall–Kier alpha value is -2.26. The van der Waals surface area contributed by atoms with Crippen molar-refractivity contribution in [2.75, 3.05) is 18.5 Å². The molecule has 0 amide bonds. The molecular weight excluding hydrogens is 524 g/mol. The Labute approximate surface area is 216 Å². The summed E-state index contributed by atoms with van der Waals surface area (Å²) >= 11 is 3.14. The van der Waals surface area contributed by atoms with Crippen molar-refractivity contribution in [3.63, 3.8) is 0 Å². The maximum atomic E-state index is 13.5. The molecule has 1 saturated carbocycles. The average molecular weight is 551 g/mol. The maximum Gasteiger partial charge on any atom is 0.333 e. The predicted molar refractivity (Wildman–Crippen MR) is 136 cm³/mol. The van der Waals surface area contributed by atoms with Crippen LogP contribution in [-0.2, 0) is 21.5 Å². The lowest BCUT2D eigenvalue weighted by atomic mass is 9.99. The second kappa shape index (κ2) is 10.2. The molecule has 36 heavy (non-hydrogen) atoms. The molecule has 1 aliphatic heterocycles. The van der Waals surface area contributed by atoms with Gasteiger partial charge in [0, 0.05) is 40.9 Å². The van der Waals surface area contributed by atoms with E-state index in [-0.39, 0.29) is 30.4 Å². The third-order valence-electron chi connectivity index (χ3n) is 6.62. The van der Waals surface area contributed by atoms with E-state index in [1.807, 2.05) is 17.7 Å². The molecule has 0 radical (unpaired) electrons. The van der Waals surface area contributed by atoms with E-state index in [1.165, 1.54) is 28.7 Å². The second-order valence-corrected chi connectivity index (χ2v) is 12.5. The molecule has 1 fully saturated rings. The minimum atomic E-state index is -4.34. The number of hydrogen-bond donors (Lipinski definition) is 4. The molecule has 5 rings (SSSR count). The lowest BCUT2D eigenvalue weighted by molar-refractivity contribution is 0.0711. The largest absolute Gasteiger partial charge is 0.393 e. The maximum absolute atomic E-state index is 13.5. The quantitative estimate of drug-likeness (QED) is 0.245. The normalized spacial score (nSPS) is 24.0. The van der Waals surface area contributed by atoms with Crippen molar-refractivity contribution in [1.82, 2.24) is 14.7 Å². The molecule has 4 atom stereocenters. The summed E-state index contributed by atoms with van der Waals surface area (Å²) in [6.45, 7) is 2.55. The van der Waals surface area contributed by atoms with Gasteiger partial charge in [-0.2, -0.15) is 13.1 Å². The zero-order valence-corrected chi connectivity index (χ0v) is 21.8. The zero-order valence-electron chi connectivity index (χ0n) is 19.4. The van der Waals surface area contributed by atoms with Crippen LogP contribution in [0.25, 0.3) is 0 Å². The topological polar surface area (TPSA) is 151 Å². The van der Waals surface area contributed by atoms with Crippen molar-refractivity contribution in [2.24, 2.45) is 5.92 Å². The van der Waals surface area contributed by atoms with Gasteiger partial charge in [-0.1, -0.05) is 0 Å². The zero-order chi connectivity index (χ0) is 25.4. The van der Waals surface area contributed by atoms with E-state index >= 15 is 0 Å². The fourth-order valence-electron chi connectivity index (χ4n) is 4.86. The standard InChI is InChI=1S/C23H26N4O6S3/c1-12-16(22-15-3-5-34-19(15)2-4-33-22)8-20(35-12)21(29)17-10-24-11-25-23(17)27-14-6-13(18(28)7-14)9-26-36(30,31)32/h3,5,8,10-11,13-14,18,22,26,28H,2,4,6-7,9H2,1H3,(H,24,25,27)(H,30,31,32)/t13-,14-,18+,22-/m1/s1. The van der Waals surface area contributed by atoms with E-state index in [4.69, 9.17) is 9.29 Å². The van der Waals surface area contributed by atoms with Gasteiger partial charge in [0.15, 0.2) is 0 Å². The molecule has 192 valence electrons. The van der Waals surface area contributed by atoms with Crippen LogP contribution in [0.4, 0.5) is 5.82 Å². The predicted octanol–water partition coefficient (Wildman–Crippen LogP) is 2.74. The van der Waals surface area contributed by atoms with Gasteiger partial charge in [-0.25, -0.2) is 9.97 Å². The second-order valence-electron chi connectivity index (χ2n) is 9.00. The number of aliphatic hydroxyl groups is 1. The summed E-state index contributed by atoms with van der Waals surface area (Å²) in [7, 11) is -4.34. The van der Waals surface area contributed by atoms with Crippen molar-refractivity contribution in [1.29, 1.82) is 0 Å². The van der Waals surface area contributed by atoms with Gasteiger partial charge in [-0.3, -0.25) is 9.35 Å². The summed E-state index contributed by atoms with van der Waals surface area (Å²) in [4.78, 5) is 24.7. The average Bonchev–Trinajstić information content (AvgIpc) is 3.55. The van der Waals surface area contributed by atoms with Gasteiger partial charge in [-0.05, 0) is 48.4 Å². The number of nitrogens with one attached hydrogen (secondary N) is 2. The number of ketones is 1. The number of carbonyl (C=O) groups excluding carboxylic acids is 1. The Morgan fingerprint density at radius 1 is 1.31 bits per heavy atom. The summed E-state index contributed by atoms with van der Waals surface area (Å²) in [5.41, 5.74) is 2.47. The highest BCUT2D eigenvalue weighted by Gasteiger charge is 2.34. The first-order chi connectivity index (χ1) is 17.2. The molecule has 3 aromatic rings. The number of anilines is 1. The van der Waals surface area contributed by atoms with Gasteiger partial charge >= 0.3 is 10.3 Å². The molecule has 2 aliphatic rings. The van der Waals surface area contributed by atoms with Crippen molar-refractivity contribution in [3.8, 4) is 0 Å². The summed E-state index contributed by atoms with van der Waals surface area (Å²) < 4.78 is 39.0. The van der Waals surface area contributed by atoms with Gasteiger partial charge in [0.25, 0.3) is 0 Å². The van der Waals surface area contributed by atoms with Crippen LogP contribution >= 0.6 is 22.7 Å². The summed E-state index contributed by atoms with van der Waals surface area (Å²) in [6.07, 6.45) is 3.56. The SMILES string of the molecule is Cc1sc(C(=O)c2cncnc2N[C@@H]2C[C@H](CNS(=O)(=O)O)[C@@H](O)C2)cc1[C@@H]1OCCc2sccc21. The number of nitrogens with zero attached hydrogens (tertiary/aromatic N) is 2. The summed E-state index contributed by atoms with van der Waals surface area (Å²) in [5.74, 6) is -0.232. The minimum Gasteiger partial charge on any atom is -0.393 e. The number of aromatic nitrogens is 2. The van der Waals surface area contributed by atoms with Crippen molar-refractivity contribution in [3.05, 3.63) is 61.4 Å². The summed E-state index contributed by atoms with van der Waals surface area (Å²) in [6, 6.07) is 3.75. The molecule has 0 spiro atoms. The Bertz CT molecular complexity index is 1370. The van der Waals surface area contributed by atoms with E-state index in [9.17, 15) is 18.3 Å². The Kier molecular flexibility index (Phi) is 7.23. The van der Waals surface area contributed by atoms with Gasteiger partial charge < -0.3 is 15.2 Å². The molecule has 0 aromatic carbocycles. The Morgan fingerprint density at radius 3 is 2.94 bits per heavy atom. The first-order valence-electron chi connectivity index (χ1n) is 11.5. The Balaban J connectivity index is 1.33. The van der Waals surface area contributed by atoms with Crippen LogP contribution in [-0.4, -0.2) is 59.1 Å². The van der Waals surface area contributed by atoms with Crippen molar-refractivity contribution < 1.29 is 27.6 Å². The smallest absolute Gasteiger partial charge is 0.333 e. The number of carbonyl (C=O) groups is 1. The molecule has 10 nitrogen and oxygen atoms in total. The first-order valence-corrected chi connectivity index (χ1v) is 14.6. The van der Waals surface area contributed by atoms with Gasteiger partial charge in [0.1, 0.15) is 18.2 Å². The van der Waals surface area contributed by atoms with Gasteiger partial charge in [0.2, 0.25) is 5.78 Å². The van der Waals surface area contributed by atoms with Gasteiger partial charge in [0.05, 0.1) is 23.2 Å². The lowest BCUT2D eigenvalue weighted by Crippen LogP contribution is -2.32. The molecule has 0 saturated heterocycles. The van der Waals surface area contributed by atoms with Crippen LogP contribution in [0.2, 0.25) is 0 Å². The van der Waals surface area contributed by atoms with Crippen molar-refractivity contribution >= 4 is 44.6 Å². The highest BCUT2D eigenvalue weighted by molar-refractivity contribution is 7.83. The number of fused-ring (bicyclic) bond motifs is 1. The molecular formula is C23H26N4O6S3. The molecule has 4 heterocycles. The van der Waals surface area contributed by atoms with Crippen LogP contribution in [0.15, 0.2) is 30.0 Å². The lowest BCUT2D eigenvalue weighted by Gasteiger charge is -2.23. The third-order valence-corrected chi connectivity index (χ3v) is 9.21. The minimum absolute atomic E-state index is 0.0833. The van der Waals surface area contributed by atoms with Crippen molar-refractivity contribution in [2.45, 2.75) is 44.4 Å². The molecule has 0 bridgehead atoms. The number of rotatable bonds is 8. The molecule has 1 aliphatic carbocycles. The van der Waals surface area contributed by atoms with E-state index in [1.54, 1.807) is 11.3 Å². The Morgan fingerprint density at radius 2 is 2.14 bits per heavy atom. The third kappa shape index (κ3) is 5.37. The number of aryl methyl sites for hydroxylation is 1. The number of thiophene rings is 2. The van der Waals surface area contributed by atoms with Crippen LogP contribution in [0.3, 0.4) is 0 Å². The molecule has 3 aromatic heterocycles. The highest BCUT2D eigenvalue weighted by Crippen LogP contribution is 2.40. The van der Waals surface area contributed by atoms with Crippen LogP contribution in [0, 0.1) is 12.8 Å². The van der Waals surface area contributed by atoms with Crippen LogP contribution in [0.1, 0.15) is 55.1 Å². The molecule has 13 heteroatoms. The van der Waals surface area contributed by atoms with E-state index in [0.29, 0.717) is 35.7 Å². The van der Waals surface area contributed by atoms with E-state index in [0.717, 1.165) is 22.4 Å². The monoisotopic (exact) mass is 550 g/mol. The number of hydrogen-bond acceptors (Lipinski definition) is 10. The van der Waals surface area contributed by atoms with Crippen LogP contribution < -0.4 is 10.0 Å². The fourth-order valence-corrected chi connectivity index (χ4v) is 7.18. The molecule has 4 N–H and O–H groups in total. The number of ether oxygens (including phenoxy) is 1. The van der Waals surface area contributed by atoms with E-state index < -0.39 is 16.4 Å². The van der Waals surface area contributed by atoms with Gasteiger partial charge in [-0.15, -0.1) is 22.7 Å². The highest BCUT2D eigenvalue weighted by atomic mass is 32.2.